The Labute approximate surface area is 74.8 Å². The number of rotatable bonds is 1. The summed E-state index contributed by atoms with van der Waals surface area (Å²) in [5, 5.41) is 0. The van der Waals surface area contributed by atoms with Crippen LogP contribution in [0.2, 0.25) is 0 Å². The molecular weight excluding hydrogens is 148 g/mol. The van der Waals surface area contributed by atoms with Crippen LogP contribution in [0.15, 0.2) is 12.2 Å². The molecule has 0 saturated carbocycles. The number of nitrogens with zero attached hydrogens (tertiary/aromatic N) is 2. The number of hydrogen-bond acceptors (Lipinski definition) is 2. The number of likely N-dealkylation sites (N-methyl/N-ethyl adjacent to an activating group) is 1. The summed E-state index contributed by atoms with van der Waals surface area (Å²) in [5.74, 6) is 0. The van der Waals surface area contributed by atoms with Crippen LogP contribution < -0.4 is 0 Å². The van der Waals surface area contributed by atoms with E-state index < -0.39 is 0 Å². The Morgan fingerprint density at radius 2 is 2.17 bits per heavy atom. The van der Waals surface area contributed by atoms with E-state index in [-0.39, 0.29) is 0 Å². The Morgan fingerprint density at radius 1 is 1.25 bits per heavy atom. The van der Waals surface area contributed by atoms with Crippen molar-refractivity contribution in [2.24, 2.45) is 0 Å². The van der Waals surface area contributed by atoms with E-state index >= 15 is 0 Å². The van der Waals surface area contributed by atoms with Gasteiger partial charge in [0.15, 0.2) is 0 Å². The summed E-state index contributed by atoms with van der Waals surface area (Å²) in [6.07, 6.45) is 7.22. The average Bonchev–Trinajstić information content (AvgIpc) is 2.54. The van der Waals surface area contributed by atoms with Gasteiger partial charge in [0.05, 0.1) is 0 Å². The van der Waals surface area contributed by atoms with E-state index in [2.05, 4.69) is 29.0 Å². The fourth-order valence-corrected chi connectivity index (χ4v) is 2.20. The van der Waals surface area contributed by atoms with Crippen LogP contribution in [0.5, 0.6) is 0 Å². The molecule has 2 heterocycles. The first-order chi connectivity index (χ1) is 5.86. The summed E-state index contributed by atoms with van der Waals surface area (Å²) in [4.78, 5) is 5.05. The maximum absolute atomic E-state index is 2.61. The first-order valence-electron chi connectivity index (χ1n) is 4.94. The number of hydrogen-bond donors (Lipinski definition) is 0. The van der Waals surface area contributed by atoms with E-state index in [1.165, 1.54) is 39.0 Å². The monoisotopic (exact) mass is 166 g/mol. The summed E-state index contributed by atoms with van der Waals surface area (Å²) < 4.78 is 0. The topological polar surface area (TPSA) is 6.48 Å². The molecule has 0 aliphatic carbocycles. The third-order valence-electron chi connectivity index (χ3n) is 2.97. The van der Waals surface area contributed by atoms with Crippen LogP contribution in [0, 0.1) is 0 Å². The van der Waals surface area contributed by atoms with Crippen molar-refractivity contribution in [1.82, 2.24) is 9.80 Å². The quantitative estimate of drug-likeness (QED) is 0.535. The summed E-state index contributed by atoms with van der Waals surface area (Å²) >= 11 is 0. The normalized spacial score (nSPS) is 32.9. The van der Waals surface area contributed by atoms with Crippen LogP contribution in [-0.2, 0) is 0 Å². The van der Waals surface area contributed by atoms with Gasteiger partial charge in [-0.05, 0) is 26.4 Å². The summed E-state index contributed by atoms with van der Waals surface area (Å²) in [7, 11) is 2.22. The highest BCUT2D eigenvalue weighted by Gasteiger charge is 2.24. The predicted octanol–water partition coefficient (Wildman–Crippen LogP) is 0.952. The fourth-order valence-electron chi connectivity index (χ4n) is 2.20. The van der Waals surface area contributed by atoms with E-state index in [9.17, 15) is 0 Å². The van der Waals surface area contributed by atoms with Gasteiger partial charge in [0.1, 0.15) is 0 Å². The van der Waals surface area contributed by atoms with E-state index in [1.54, 1.807) is 0 Å². The molecule has 0 amide bonds. The predicted molar refractivity (Wildman–Crippen MR) is 51.2 cm³/mol. The van der Waals surface area contributed by atoms with Crippen molar-refractivity contribution in [1.29, 1.82) is 0 Å². The Hall–Kier alpha value is -0.340. The summed E-state index contributed by atoms with van der Waals surface area (Å²) in [5.41, 5.74) is 0. The Morgan fingerprint density at radius 3 is 2.75 bits per heavy atom. The van der Waals surface area contributed by atoms with Crippen molar-refractivity contribution < 1.29 is 0 Å². The highest BCUT2D eigenvalue weighted by Crippen LogP contribution is 2.16. The number of likely N-dealkylation sites (tertiary alicyclic amines) is 1. The maximum atomic E-state index is 2.61. The van der Waals surface area contributed by atoms with Gasteiger partial charge in [0.2, 0.25) is 0 Å². The van der Waals surface area contributed by atoms with Gasteiger partial charge in [0, 0.05) is 25.7 Å². The zero-order chi connectivity index (χ0) is 8.39. The second-order valence-corrected chi connectivity index (χ2v) is 3.96. The van der Waals surface area contributed by atoms with Crippen LogP contribution in [-0.4, -0.2) is 49.1 Å². The fraction of sp³-hybridized carbons (Fsp3) is 0.800. The highest BCUT2D eigenvalue weighted by molar-refractivity contribution is 4.94. The molecule has 1 fully saturated rings. The second kappa shape index (κ2) is 3.58. The van der Waals surface area contributed by atoms with Crippen LogP contribution in [0.1, 0.15) is 12.8 Å². The molecule has 0 bridgehead atoms. The van der Waals surface area contributed by atoms with Gasteiger partial charge in [-0.3, -0.25) is 4.90 Å². The molecule has 2 heteroatoms. The molecule has 0 aromatic rings. The van der Waals surface area contributed by atoms with Crippen molar-refractivity contribution in [2.75, 3.05) is 33.2 Å². The lowest BCUT2D eigenvalue weighted by Crippen LogP contribution is -2.39. The molecule has 2 nitrogen and oxygen atoms in total. The van der Waals surface area contributed by atoms with Gasteiger partial charge < -0.3 is 4.90 Å². The zero-order valence-electron chi connectivity index (χ0n) is 7.87. The van der Waals surface area contributed by atoms with E-state index in [1.807, 2.05) is 0 Å². The van der Waals surface area contributed by atoms with Crippen molar-refractivity contribution in [3.05, 3.63) is 12.2 Å². The van der Waals surface area contributed by atoms with Crippen LogP contribution in [0.4, 0.5) is 0 Å². The Bertz CT molecular complexity index is 177. The minimum atomic E-state index is 0.833. The molecule has 0 aromatic carbocycles. The third-order valence-corrected chi connectivity index (χ3v) is 2.97. The molecule has 1 saturated heterocycles. The molecular formula is C10H18N2. The van der Waals surface area contributed by atoms with E-state index in [0.29, 0.717) is 0 Å². The molecule has 0 N–H and O–H groups in total. The van der Waals surface area contributed by atoms with Crippen molar-refractivity contribution in [2.45, 2.75) is 18.9 Å². The third kappa shape index (κ3) is 1.70. The lowest BCUT2D eigenvalue weighted by atomic mass is 10.1. The highest BCUT2D eigenvalue weighted by atomic mass is 15.2. The largest absolute Gasteiger partial charge is 0.305 e. The molecule has 68 valence electrons. The van der Waals surface area contributed by atoms with Crippen LogP contribution in [0.3, 0.4) is 0 Å². The van der Waals surface area contributed by atoms with E-state index in [4.69, 9.17) is 0 Å². The van der Waals surface area contributed by atoms with Crippen molar-refractivity contribution >= 4 is 0 Å². The van der Waals surface area contributed by atoms with Gasteiger partial charge >= 0.3 is 0 Å². The lowest BCUT2D eigenvalue weighted by molar-refractivity contribution is 0.215. The molecule has 2 aliphatic heterocycles. The van der Waals surface area contributed by atoms with Crippen LogP contribution in [0.25, 0.3) is 0 Å². The van der Waals surface area contributed by atoms with Crippen LogP contribution >= 0.6 is 0 Å². The SMILES string of the molecule is CN1CCC(N2CC=CCC2)C1. The summed E-state index contributed by atoms with van der Waals surface area (Å²) in [6, 6.07) is 0.833. The molecule has 1 atom stereocenters. The first-order valence-corrected chi connectivity index (χ1v) is 4.94. The molecule has 12 heavy (non-hydrogen) atoms. The van der Waals surface area contributed by atoms with Crippen molar-refractivity contribution in [3.8, 4) is 0 Å². The minimum absolute atomic E-state index is 0.833. The molecule has 0 radical (unpaired) electrons. The average molecular weight is 166 g/mol. The zero-order valence-corrected chi connectivity index (χ0v) is 7.87. The Balaban J connectivity index is 1.88. The molecule has 2 rings (SSSR count). The van der Waals surface area contributed by atoms with Gasteiger partial charge in [-0.1, -0.05) is 12.2 Å². The summed E-state index contributed by atoms with van der Waals surface area (Å²) in [6.45, 7) is 5.01. The van der Waals surface area contributed by atoms with Crippen molar-refractivity contribution in [3.63, 3.8) is 0 Å². The van der Waals surface area contributed by atoms with Gasteiger partial charge in [-0.2, -0.15) is 0 Å². The second-order valence-electron chi connectivity index (χ2n) is 3.96. The van der Waals surface area contributed by atoms with Gasteiger partial charge in [-0.15, -0.1) is 0 Å². The smallest absolute Gasteiger partial charge is 0.0238 e. The molecule has 1 unspecified atom stereocenters. The molecule has 2 aliphatic rings. The Kier molecular flexibility index (Phi) is 2.47. The molecule has 0 spiro atoms. The van der Waals surface area contributed by atoms with E-state index in [0.717, 1.165) is 6.04 Å². The first kappa shape index (κ1) is 8.27. The van der Waals surface area contributed by atoms with Gasteiger partial charge in [0.25, 0.3) is 0 Å². The standard InChI is InChI=1S/C10H18N2/c1-11-8-5-10(9-11)12-6-3-2-4-7-12/h2-3,10H,4-9H2,1H3. The lowest BCUT2D eigenvalue weighted by Gasteiger charge is -2.29. The van der Waals surface area contributed by atoms with Gasteiger partial charge in [-0.25, -0.2) is 0 Å². The molecule has 0 aromatic heterocycles. The maximum Gasteiger partial charge on any atom is 0.0238 e. The minimum Gasteiger partial charge on any atom is -0.305 e.